The van der Waals surface area contributed by atoms with E-state index in [9.17, 15) is 4.79 Å². The van der Waals surface area contributed by atoms with Crippen LogP contribution in [0.3, 0.4) is 0 Å². The highest BCUT2D eigenvalue weighted by Gasteiger charge is 2.20. The minimum absolute atomic E-state index is 0.136. The van der Waals surface area contributed by atoms with Crippen molar-refractivity contribution in [2.45, 2.75) is 42.6 Å². The molecule has 21 heavy (non-hydrogen) atoms. The molecule has 0 fully saturated rings. The van der Waals surface area contributed by atoms with Crippen LogP contribution in [0.1, 0.15) is 23.7 Å². The molecule has 1 aromatic heterocycles. The average Bonchev–Trinajstić information content (AvgIpc) is 2.95. The van der Waals surface area contributed by atoms with Gasteiger partial charge in [0.05, 0.1) is 10.6 Å². The number of rotatable bonds is 4. The molecule has 1 aromatic carbocycles. The monoisotopic (exact) mass is 318 g/mol. The fourth-order valence-electron chi connectivity index (χ4n) is 2.34. The minimum Gasteiger partial charge on any atom is -0.287 e. The van der Waals surface area contributed by atoms with E-state index >= 15 is 0 Å². The molecule has 1 aliphatic rings. The summed E-state index contributed by atoms with van der Waals surface area (Å²) < 4.78 is 1.80. The first kappa shape index (κ1) is 14.7. The maximum absolute atomic E-state index is 12.5. The highest BCUT2D eigenvalue weighted by molar-refractivity contribution is 7.99. The van der Waals surface area contributed by atoms with Crippen LogP contribution in [-0.4, -0.2) is 15.3 Å². The van der Waals surface area contributed by atoms with E-state index in [1.54, 1.807) is 28.1 Å². The maximum atomic E-state index is 12.5. The molecular formula is C16H18N2OS2. The Hall–Kier alpha value is -1.20. The highest BCUT2D eigenvalue weighted by atomic mass is 32.2. The number of aromatic nitrogens is 2. The van der Waals surface area contributed by atoms with E-state index in [4.69, 9.17) is 4.98 Å². The zero-order valence-electron chi connectivity index (χ0n) is 12.3. The summed E-state index contributed by atoms with van der Waals surface area (Å²) in [6, 6.07) is 8.52. The van der Waals surface area contributed by atoms with Crippen molar-refractivity contribution < 1.29 is 0 Å². The molecule has 0 bridgehead atoms. The molecule has 0 unspecified atom stereocenters. The second kappa shape index (κ2) is 6.28. The average molecular weight is 318 g/mol. The number of hydrogen-bond donors (Lipinski definition) is 0. The number of hydrogen-bond acceptors (Lipinski definition) is 4. The molecule has 0 spiro atoms. The largest absolute Gasteiger partial charge is 0.287 e. The van der Waals surface area contributed by atoms with Crippen LogP contribution in [0, 0.1) is 6.92 Å². The van der Waals surface area contributed by atoms with Gasteiger partial charge in [0, 0.05) is 24.5 Å². The smallest absolute Gasteiger partial charge is 0.268 e. The molecule has 5 heteroatoms. The van der Waals surface area contributed by atoms with Crippen LogP contribution >= 0.6 is 23.5 Å². The fraction of sp³-hybridized carbons (Fsp3) is 0.375. The first-order valence-corrected chi connectivity index (χ1v) is 9.11. The van der Waals surface area contributed by atoms with Crippen LogP contribution < -0.4 is 5.56 Å². The Morgan fingerprint density at radius 1 is 1.33 bits per heavy atom. The third kappa shape index (κ3) is 3.04. The van der Waals surface area contributed by atoms with Gasteiger partial charge in [0.2, 0.25) is 0 Å². The van der Waals surface area contributed by atoms with Crippen molar-refractivity contribution in [3.63, 3.8) is 0 Å². The van der Waals surface area contributed by atoms with Crippen LogP contribution in [0.4, 0.5) is 0 Å². The van der Waals surface area contributed by atoms with Crippen molar-refractivity contribution in [3.05, 3.63) is 51.4 Å². The Labute approximate surface area is 133 Å². The molecule has 0 saturated heterocycles. The molecule has 0 aliphatic carbocycles. The summed E-state index contributed by atoms with van der Waals surface area (Å²) >= 11 is 3.30. The van der Waals surface area contributed by atoms with Crippen molar-refractivity contribution in [1.82, 2.24) is 9.55 Å². The van der Waals surface area contributed by atoms with Gasteiger partial charge in [-0.15, -0.1) is 11.8 Å². The summed E-state index contributed by atoms with van der Waals surface area (Å²) in [5.74, 6) is 1.83. The lowest BCUT2D eigenvalue weighted by Crippen LogP contribution is -2.24. The van der Waals surface area contributed by atoms with Gasteiger partial charge in [-0.05, 0) is 19.4 Å². The van der Waals surface area contributed by atoms with Gasteiger partial charge in [-0.1, -0.05) is 41.6 Å². The Morgan fingerprint density at radius 2 is 2.10 bits per heavy atom. The van der Waals surface area contributed by atoms with E-state index in [1.165, 1.54) is 11.1 Å². The van der Waals surface area contributed by atoms with Gasteiger partial charge in [-0.2, -0.15) is 0 Å². The predicted octanol–water partition coefficient (Wildman–Crippen LogP) is 3.51. The Kier molecular flexibility index (Phi) is 4.40. The topological polar surface area (TPSA) is 34.9 Å². The standard InChI is InChI=1S/C16H18N2OS2/c1-3-18-15(19)14-13(8-9-20-14)17-16(18)21-10-12-6-4-11(2)5-7-12/h4-7H,3,8-10H2,1-2H3. The van der Waals surface area contributed by atoms with Crippen LogP contribution in [0.15, 0.2) is 39.1 Å². The van der Waals surface area contributed by atoms with Gasteiger partial charge < -0.3 is 0 Å². The zero-order chi connectivity index (χ0) is 14.8. The molecule has 0 atom stereocenters. The second-order valence-electron chi connectivity index (χ2n) is 5.09. The lowest BCUT2D eigenvalue weighted by Gasteiger charge is -2.11. The van der Waals surface area contributed by atoms with Crippen molar-refractivity contribution in [3.8, 4) is 0 Å². The molecule has 3 nitrogen and oxygen atoms in total. The Bertz CT molecular complexity index is 707. The van der Waals surface area contributed by atoms with E-state index in [-0.39, 0.29) is 5.56 Å². The molecule has 3 rings (SSSR count). The molecular weight excluding hydrogens is 300 g/mol. The van der Waals surface area contributed by atoms with Gasteiger partial charge in [-0.3, -0.25) is 9.36 Å². The molecule has 0 radical (unpaired) electrons. The van der Waals surface area contributed by atoms with Crippen LogP contribution in [0.2, 0.25) is 0 Å². The van der Waals surface area contributed by atoms with E-state index < -0.39 is 0 Å². The molecule has 0 N–H and O–H groups in total. The summed E-state index contributed by atoms with van der Waals surface area (Å²) in [5.41, 5.74) is 3.65. The van der Waals surface area contributed by atoms with Gasteiger partial charge >= 0.3 is 0 Å². The van der Waals surface area contributed by atoms with Crippen LogP contribution in [0.5, 0.6) is 0 Å². The molecule has 2 aromatic rings. The van der Waals surface area contributed by atoms with Crippen molar-refractivity contribution in [2.24, 2.45) is 0 Å². The number of fused-ring (bicyclic) bond motifs is 1. The molecule has 0 amide bonds. The van der Waals surface area contributed by atoms with Gasteiger partial charge in [-0.25, -0.2) is 4.98 Å². The van der Waals surface area contributed by atoms with Crippen molar-refractivity contribution in [2.75, 3.05) is 5.75 Å². The van der Waals surface area contributed by atoms with E-state index in [0.29, 0.717) is 6.54 Å². The molecule has 2 heterocycles. The summed E-state index contributed by atoms with van der Waals surface area (Å²) in [4.78, 5) is 18.0. The zero-order valence-corrected chi connectivity index (χ0v) is 13.9. The Balaban J connectivity index is 1.86. The molecule has 0 saturated carbocycles. The first-order valence-electron chi connectivity index (χ1n) is 7.14. The summed E-state index contributed by atoms with van der Waals surface area (Å²) in [6.45, 7) is 4.77. The summed E-state index contributed by atoms with van der Waals surface area (Å²) in [7, 11) is 0. The lowest BCUT2D eigenvalue weighted by molar-refractivity contribution is 0.597. The van der Waals surface area contributed by atoms with Crippen LogP contribution in [-0.2, 0) is 18.7 Å². The lowest BCUT2D eigenvalue weighted by atomic mass is 10.2. The predicted molar refractivity (Wildman–Crippen MR) is 89.3 cm³/mol. The van der Waals surface area contributed by atoms with E-state index in [0.717, 1.165) is 33.7 Å². The summed E-state index contributed by atoms with van der Waals surface area (Å²) in [6.07, 6.45) is 0.915. The maximum Gasteiger partial charge on any atom is 0.268 e. The number of aryl methyl sites for hydroxylation is 2. The first-order chi connectivity index (χ1) is 10.2. The number of thioether (sulfide) groups is 2. The third-order valence-electron chi connectivity index (χ3n) is 3.55. The van der Waals surface area contributed by atoms with Crippen molar-refractivity contribution in [1.29, 1.82) is 0 Å². The number of nitrogens with zero attached hydrogens (tertiary/aromatic N) is 2. The quantitative estimate of drug-likeness (QED) is 0.638. The Morgan fingerprint density at radius 3 is 2.81 bits per heavy atom. The summed E-state index contributed by atoms with van der Waals surface area (Å²) in [5, 5.41) is 0.851. The number of benzene rings is 1. The fourth-order valence-corrected chi connectivity index (χ4v) is 4.42. The van der Waals surface area contributed by atoms with E-state index in [2.05, 4.69) is 31.2 Å². The van der Waals surface area contributed by atoms with Crippen molar-refractivity contribution >= 4 is 23.5 Å². The molecule has 110 valence electrons. The third-order valence-corrected chi connectivity index (χ3v) is 5.71. The highest BCUT2D eigenvalue weighted by Crippen LogP contribution is 2.29. The van der Waals surface area contributed by atoms with E-state index in [1.807, 2.05) is 6.92 Å². The van der Waals surface area contributed by atoms with Gasteiger partial charge in [0.1, 0.15) is 0 Å². The van der Waals surface area contributed by atoms with Crippen LogP contribution in [0.25, 0.3) is 0 Å². The normalized spacial score (nSPS) is 13.4. The minimum atomic E-state index is 0.136. The molecule has 1 aliphatic heterocycles. The van der Waals surface area contributed by atoms with Gasteiger partial charge in [0.15, 0.2) is 5.16 Å². The SMILES string of the molecule is CCn1c(SCc2ccc(C)cc2)nc2c(c1=O)SCC2. The van der Waals surface area contributed by atoms with Gasteiger partial charge in [0.25, 0.3) is 5.56 Å². The second-order valence-corrected chi connectivity index (χ2v) is 7.14.